The normalized spacial score (nSPS) is 11.7. The zero-order chi connectivity index (χ0) is 22.2. The van der Waals surface area contributed by atoms with Gasteiger partial charge in [0.15, 0.2) is 9.84 Å². The summed E-state index contributed by atoms with van der Waals surface area (Å²) in [6.07, 6.45) is 5.03. The van der Waals surface area contributed by atoms with Gasteiger partial charge in [0.05, 0.1) is 26.9 Å². The van der Waals surface area contributed by atoms with Gasteiger partial charge in [0, 0.05) is 24.2 Å². The SMILES string of the molecule is Cc1cncc(-c2cc3cc[nH]c(=O)c3c(Nc3ccccc3S(=O)(=O)C(C)C)n2)c1. The maximum Gasteiger partial charge on any atom is 0.259 e. The fourth-order valence-corrected chi connectivity index (χ4v) is 4.55. The van der Waals surface area contributed by atoms with E-state index < -0.39 is 15.1 Å². The number of nitrogens with zero attached hydrogens (tertiary/aromatic N) is 2. The summed E-state index contributed by atoms with van der Waals surface area (Å²) in [7, 11) is -3.55. The molecule has 2 N–H and O–H groups in total. The fourth-order valence-electron chi connectivity index (χ4n) is 3.35. The van der Waals surface area contributed by atoms with E-state index in [1.807, 2.05) is 19.1 Å². The number of pyridine rings is 3. The molecule has 0 saturated heterocycles. The van der Waals surface area contributed by atoms with E-state index in [2.05, 4.69) is 20.3 Å². The van der Waals surface area contributed by atoms with Crippen LogP contribution in [0.15, 0.2) is 70.7 Å². The van der Waals surface area contributed by atoms with E-state index in [1.54, 1.807) is 62.8 Å². The van der Waals surface area contributed by atoms with Gasteiger partial charge >= 0.3 is 0 Å². The van der Waals surface area contributed by atoms with Crippen LogP contribution in [-0.4, -0.2) is 28.6 Å². The summed E-state index contributed by atoms with van der Waals surface area (Å²) in [5.74, 6) is 0.280. The van der Waals surface area contributed by atoms with Gasteiger partial charge in [-0.05, 0) is 62.1 Å². The van der Waals surface area contributed by atoms with Crippen LogP contribution in [0.1, 0.15) is 19.4 Å². The molecule has 158 valence electrons. The molecule has 3 aromatic heterocycles. The van der Waals surface area contributed by atoms with Gasteiger partial charge < -0.3 is 10.3 Å². The average Bonchev–Trinajstić information content (AvgIpc) is 2.74. The highest BCUT2D eigenvalue weighted by Gasteiger charge is 2.23. The Kier molecular flexibility index (Phi) is 5.32. The summed E-state index contributed by atoms with van der Waals surface area (Å²) in [4.78, 5) is 24.3. The second-order valence-corrected chi connectivity index (χ2v) is 10.1. The van der Waals surface area contributed by atoms with Gasteiger partial charge in [-0.3, -0.25) is 9.78 Å². The molecule has 0 aliphatic rings. The lowest BCUT2D eigenvalue weighted by Gasteiger charge is -2.16. The Bertz CT molecular complexity index is 1440. The Morgan fingerprint density at radius 3 is 2.58 bits per heavy atom. The first kappa shape index (κ1) is 20.7. The van der Waals surface area contributed by atoms with Crippen molar-refractivity contribution in [1.29, 1.82) is 0 Å². The van der Waals surface area contributed by atoms with E-state index in [9.17, 15) is 13.2 Å². The van der Waals surface area contributed by atoms with Crippen molar-refractivity contribution in [3.05, 3.63) is 77.0 Å². The predicted octanol–water partition coefficient (Wildman–Crippen LogP) is 4.22. The van der Waals surface area contributed by atoms with Crippen molar-refractivity contribution in [1.82, 2.24) is 15.0 Å². The van der Waals surface area contributed by atoms with Gasteiger partial charge in [0.1, 0.15) is 5.82 Å². The lowest BCUT2D eigenvalue weighted by Crippen LogP contribution is -2.16. The van der Waals surface area contributed by atoms with E-state index in [0.717, 1.165) is 11.1 Å². The maximum atomic E-state index is 12.9. The Labute approximate surface area is 180 Å². The molecule has 0 bridgehead atoms. The highest BCUT2D eigenvalue weighted by Crippen LogP contribution is 2.31. The molecule has 7 nitrogen and oxygen atoms in total. The minimum absolute atomic E-state index is 0.162. The third-order valence-electron chi connectivity index (χ3n) is 4.99. The zero-order valence-electron chi connectivity index (χ0n) is 17.4. The molecular weight excluding hydrogens is 412 g/mol. The standard InChI is InChI=1S/C23H22N4O3S/c1-14(2)31(29,30)20-7-5-4-6-18(20)26-22-21-16(8-9-25-23(21)28)11-19(27-22)17-10-15(3)12-24-13-17/h4-14H,1-3H3,(H,25,28)(H,26,27). The molecule has 0 amide bonds. The van der Waals surface area contributed by atoms with Gasteiger partial charge in [-0.2, -0.15) is 0 Å². The van der Waals surface area contributed by atoms with Crippen LogP contribution in [0.5, 0.6) is 0 Å². The average molecular weight is 435 g/mol. The molecule has 0 saturated carbocycles. The van der Waals surface area contributed by atoms with Crippen LogP contribution in [0.4, 0.5) is 11.5 Å². The molecule has 0 aliphatic heterocycles. The first-order chi connectivity index (χ1) is 14.8. The van der Waals surface area contributed by atoms with Gasteiger partial charge in [0.2, 0.25) is 0 Å². The van der Waals surface area contributed by atoms with E-state index in [0.29, 0.717) is 22.2 Å². The second kappa shape index (κ2) is 7.96. The number of nitrogens with one attached hydrogen (secondary N) is 2. The Balaban J connectivity index is 1.94. The minimum atomic E-state index is -3.55. The number of aromatic nitrogens is 3. The van der Waals surface area contributed by atoms with Crippen LogP contribution in [0.25, 0.3) is 22.0 Å². The number of rotatable bonds is 5. The minimum Gasteiger partial charge on any atom is -0.338 e. The number of para-hydroxylation sites is 1. The number of anilines is 2. The molecule has 0 radical (unpaired) electrons. The van der Waals surface area contributed by atoms with Crippen molar-refractivity contribution < 1.29 is 8.42 Å². The van der Waals surface area contributed by atoms with Crippen LogP contribution in [0, 0.1) is 6.92 Å². The highest BCUT2D eigenvalue weighted by atomic mass is 32.2. The monoisotopic (exact) mass is 434 g/mol. The number of fused-ring (bicyclic) bond motifs is 1. The largest absolute Gasteiger partial charge is 0.338 e. The number of aromatic amines is 1. The van der Waals surface area contributed by atoms with Crippen molar-refractivity contribution in [3.63, 3.8) is 0 Å². The Morgan fingerprint density at radius 1 is 1.06 bits per heavy atom. The summed E-state index contributed by atoms with van der Waals surface area (Å²) >= 11 is 0. The van der Waals surface area contributed by atoms with E-state index in [4.69, 9.17) is 0 Å². The smallest absolute Gasteiger partial charge is 0.259 e. The molecule has 4 rings (SSSR count). The van der Waals surface area contributed by atoms with E-state index in [-0.39, 0.29) is 16.3 Å². The molecule has 0 spiro atoms. The van der Waals surface area contributed by atoms with Gasteiger partial charge in [-0.1, -0.05) is 12.1 Å². The molecule has 8 heteroatoms. The molecule has 0 atom stereocenters. The fraction of sp³-hybridized carbons (Fsp3) is 0.174. The zero-order valence-corrected chi connectivity index (χ0v) is 18.2. The Hall–Kier alpha value is -3.52. The summed E-state index contributed by atoms with van der Waals surface area (Å²) in [5.41, 5.74) is 2.46. The lowest BCUT2D eigenvalue weighted by atomic mass is 10.1. The lowest BCUT2D eigenvalue weighted by molar-refractivity contribution is 0.588. The van der Waals surface area contributed by atoms with Crippen LogP contribution in [-0.2, 0) is 9.84 Å². The Morgan fingerprint density at radius 2 is 1.84 bits per heavy atom. The number of sulfone groups is 1. The number of hydrogen-bond donors (Lipinski definition) is 2. The topological polar surface area (TPSA) is 105 Å². The molecule has 4 aromatic rings. The third kappa shape index (κ3) is 3.94. The summed E-state index contributed by atoms with van der Waals surface area (Å²) in [5, 5.41) is 3.55. The van der Waals surface area contributed by atoms with Gasteiger partial charge in [-0.25, -0.2) is 13.4 Å². The van der Waals surface area contributed by atoms with Gasteiger partial charge in [-0.15, -0.1) is 0 Å². The van der Waals surface area contributed by atoms with Crippen LogP contribution in [0.3, 0.4) is 0 Å². The third-order valence-corrected chi connectivity index (χ3v) is 7.20. The quantitative estimate of drug-likeness (QED) is 0.487. The first-order valence-electron chi connectivity index (χ1n) is 9.82. The van der Waals surface area contributed by atoms with Crippen molar-refractivity contribution in [2.24, 2.45) is 0 Å². The van der Waals surface area contributed by atoms with E-state index >= 15 is 0 Å². The van der Waals surface area contributed by atoms with Crippen LogP contribution >= 0.6 is 0 Å². The molecule has 31 heavy (non-hydrogen) atoms. The number of hydrogen-bond acceptors (Lipinski definition) is 6. The van der Waals surface area contributed by atoms with E-state index in [1.165, 1.54) is 0 Å². The summed E-state index contributed by atoms with van der Waals surface area (Å²) < 4.78 is 25.7. The highest BCUT2D eigenvalue weighted by molar-refractivity contribution is 7.92. The van der Waals surface area contributed by atoms with Crippen molar-refractivity contribution in [2.45, 2.75) is 30.9 Å². The van der Waals surface area contributed by atoms with Crippen LogP contribution in [0.2, 0.25) is 0 Å². The second-order valence-electron chi connectivity index (χ2n) is 7.59. The number of H-pyrrole nitrogens is 1. The molecule has 0 fully saturated rings. The number of benzene rings is 1. The summed E-state index contributed by atoms with van der Waals surface area (Å²) in [6, 6.07) is 12.2. The van der Waals surface area contributed by atoms with Crippen LogP contribution < -0.4 is 10.9 Å². The number of aryl methyl sites for hydroxylation is 1. The van der Waals surface area contributed by atoms with Gasteiger partial charge in [0.25, 0.3) is 5.56 Å². The molecular formula is C23H22N4O3S. The molecule has 1 aromatic carbocycles. The molecule has 0 aliphatic carbocycles. The van der Waals surface area contributed by atoms with Crippen molar-refractivity contribution in [2.75, 3.05) is 5.32 Å². The predicted molar refractivity (Wildman–Crippen MR) is 122 cm³/mol. The molecule has 0 unspecified atom stereocenters. The first-order valence-corrected chi connectivity index (χ1v) is 11.4. The molecule has 3 heterocycles. The summed E-state index contributed by atoms with van der Waals surface area (Å²) in [6.45, 7) is 5.21. The van der Waals surface area contributed by atoms with Crippen molar-refractivity contribution >= 4 is 32.1 Å². The maximum absolute atomic E-state index is 12.9. The van der Waals surface area contributed by atoms with Crippen molar-refractivity contribution in [3.8, 4) is 11.3 Å².